The Kier molecular flexibility index (Phi) is 10.9. The smallest absolute Gasteiger partial charge is 0.191 e. The quantitative estimate of drug-likeness (QED) is 0.133. The Bertz CT molecular complexity index is 915. The second kappa shape index (κ2) is 13.4. The molecule has 0 bridgehead atoms. The minimum atomic E-state index is -0.197. The summed E-state index contributed by atoms with van der Waals surface area (Å²) in [4.78, 5) is 5.72. The van der Waals surface area contributed by atoms with Gasteiger partial charge in [-0.1, -0.05) is 6.07 Å². The van der Waals surface area contributed by atoms with Gasteiger partial charge >= 0.3 is 0 Å². The van der Waals surface area contributed by atoms with Crippen LogP contribution in [0.1, 0.15) is 25.6 Å². The van der Waals surface area contributed by atoms with Crippen LogP contribution in [0.5, 0.6) is 0 Å². The number of guanidine groups is 1. The zero-order valence-corrected chi connectivity index (χ0v) is 20.2. The van der Waals surface area contributed by atoms with Crippen molar-refractivity contribution >= 4 is 47.3 Å². The highest BCUT2D eigenvalue weighted by Crippen LogP contribution is 2.18. The van der Waals surface area contributed by atoms with Gasteiger partial charge in [-0.3, -0.25) is 9.39 Å². The number of thioether (sulfide) groups is 1. The molecule has 0 amide bonds. The molecule has 3 rings (SSSR count). The predicted octanol–water partition coefficient (Wildman–Crippen LogP) is 4.16. The van der Waals surface area contributed by atoms with E-state index < -0.39 is 0 Å². The first kappa shape index (κ1) is 24.4. The topological polar surface area (TPSA) is 66.6 Å². The lowest BCUT2D eigenvalue weighted by Crippen LogP contribution is -2.38. The molecule has 0 radical (unpaired) electrons. The number of aromatic nitrogens is 3. The van der Waals surface area contributed by atoms with E-state index in [1.807, 2.05) is 40.9 Å². The van der Waals surface area contributed by atoms with Gasteiger partial charge in [-0.2, -0.15) is 0 Å². The molecule has 0 atom stereocenters. The van der Waals surface area contributed by atoms with Gasteiger partial charge in [0.15, 0.2) is 11.6 Å². The molecule has 162 valence electrons. The molecule has 2 heterocycles. The minimum absolute atomic E-state index is 0. The Balaban J connectivity index is 0.00000320. The molecule has 2 aromatic heterocycles. The van der Waals surface area contributed by atoms with E-state index in [0.717, 1.165) is 67.0 Å². The molecule has 30 heavy (non-hydrogen) atoms. The molecule has 0 aliphatic carbocycles. The zero-order chi connectivity index (χ0) is 20.3. The highest BCUT2D eigenvalue weighted by molar-refractivity contribution is 14.0. The number of rotatable bonds is 10. The van der Waals surface area contributed by atoms with E-state index in [1.54, 1.807) is 11.8 Å². The molecule has 0 spiro atoms. The van der Waals surface area contributed by atoms with Crippen molar-refractivity contribution in [1.29, 1.82) is 0 Å². The fourth-order valence-corrected chi connectivity index (χ4v) is 3.67. The van der Waals surface area contributed by atoms with Crippen molar-refractivity contribution in [3.05, 3.63) is 60.3 Å². The van der Waals surface area contributed by atoms with Gasteiger partial charge < -0.3 is 10.6 Å². The Labute approximate surface area is 198 Å². The fourth-order valence-electron chi connectivity index (χ4n) is 2.83. The van der Waals surface area contributed by atoms with Crippen molar-refractivity contribution in [2.24, 2.45) is 4.99 Å². The van der Waals surface area contributed by atoms with Gasteiger partial charge in [0.1, 0.15) is 11.6 Å². The second-order valence-electron chi connectivity index (χ2n) is 6.49. The number of hydrogen-bond donors (Lipinski definition) is 2. The standard InChI is InChI=1S/C21H27FN6S.HI/c1-2-23-21(25-14-6-16-29-18-11-9-17(22)10-12-18)24-13-5-8-20-27-26-19-7-3-4-15-28(19)20;/h3-4,7,9-12,15H,2,5-6,8,13-14,16H2,1H3,(H2,23,24,25);1H. The molecule has 0 fully saturated rings. The predicted molar refractivity (Wildman–Crippen MR) is 132 cm³/mol. The summed E-state index contributed by atoms with van der Waals surface area (Å²) in [7, 11) is 0. The summed E-state index contributed by atoms with van der Waals surface area (Å²) >= 11 is 1.72. The first-order valence-electron chi connectivity index (χ1n) is 9.95. The first-order valence-corrected chi connectivity index (χ1v) is 10.9. The monoisotopic (exact) mass is 542 g/mol. The SMILES string of the molecule is CCNC(=NCCCSc1ccc(F)cc1)NCCCc1nnc2ccccn12.I. The molecule has 0 unspecified atom stereocenters. The van der Waals surface area contributed by atoms with Crippen LogP contribution in [0, 0.1) is 5.82 Å². The molecule has 0 aliphatic rings. The van der Waals surface area contributed by atoms with Crippen molar-refractivity contribution in [3.63, 3.8) is 0 Å². The number of halogens is 2. The lowest BCUT2D eigenvalue weighted by atomic mass is 10.3. The number of aliphatic imine (C=N–C) groups is 1. The Morgan fingerprint density at radius 1 is 1.10 bits per heavy atom. The number of benzene rings is 1. The van der Waals surface area contributed by atoms with Gasteiger partial charge in [0.25, 0.3) is 0 Å². The lowest BCUT2D eigenvalue weighted by molar-refractivity contribution is 0.626. The van der Waals surface area contributed by atoms with Gasteiger partial charge in [-0.25, -0.2) is 4.39 Å². The highest BCUT2D eigenvalue weighted by Gasteiger charge is 2.04. The average Bonchev–Trinajstić information content (AvgIpc) is 3.15. The summed E-state index contributed by atoms with van der Waals surface area (Å²) < 4.78 is 14.9. The van der Waals surface area contributed by atoms with E-state index in [4.69, 9.17) is 0 Å². The van der Waals surface area contributed by atoms with Crippen LogP contribution in [0.4, 0.5) is 4.39 Å². The summed E-state index contributed by atoms with van der Waals surface area (Å²) in [5.74, 6) is 2.57. The molecule has 0 saturated carbocycles. The van der Waals surface area contributed by atoms with Crippen LogP contribution < -0.4 is 10.6 Å². The zero-order valence-electron chi connectivity index (χ0n) is 17.1. The molecular formula is C21H28FIN6S. The molecule has 0 saturated heterocycles. The maximum Gasteiger partial charge on any atom is 0.191 e. The normalized spacial score (nSPS) is 11.3. The van der Waals surface area contributed by atoms with E-state index >= 15 is 0 Å². The summed E-state index contributed by atoms with van der Waals surface area (Å²) in [5, 5.41) is 15.1. The molecular weight excluding hydrogens is 514 g/mol. The maximum atomic E-state index is 12.9. The van der Waals surface area contributed by atoms with Gasteiger partial charge in [0, 0.05) is 37.1 Å². The third kappa shape index (κ3) is 7.75. The van der Waals surface area contributed by atoms with Crippen molar-refractivity contribution < 1.29 is 4.39 Å². The number of aryl methyl sites for hydroxylation is 1. The van der Waals surface area contributed by atoms with Crippen molar-refractivity contribution in [2.75, 3.05) is 25.4 Å². The summed E-state index contributed by atoms with van der Waals surface area (Å²) in [6.07, 6.45) is 4.75. The van der Waals surface area contributed by atoms with Crippen LogP contribution in [0.15, 0.2) is 58.5 Å². The maximum absolute atomic E-state index is 12.9. The molecule has 2 N–H and O–H groups in total. The first-order chi connectivity index (χ1) is 14.3. The Morgan fingerprint density at radius 3 is 2.73 bits per heavy atom. The van der Waals surface area contributed by atoms with Crippen LogP contribution >= 0.6 is 35.7 Å². The molecule has 1 aromatic carbocycles. The van der Waals surface area contributed by atoms with Crippen molar-refractivity contribution in [2.45, 2.75) is 31.1 Å². The number of fused-ring (bicyclic) bond motifs is 1. The second-order valence-corrected chi connectivity index (χ2v) is 7.66. The van der Waals surface area contributed by atoms with Gasteiger partial charge in [-0.05, 0) is 61.9 Å². The summed E-state index contributed by atoms with van der Waals surface area (Å²) in [6.45, 7) is 4.45. The van der Waals surface area contributed by atoms with Crippen LogP contribution in [-0.4, -0.2) is 45.9 Å². The highest BCUT2D eigenvalue weighted by atomic mass is 127. The number of nitrogens with zero attached hydrogens (tertiary/aromatic N) is 4. The van der Waals surface area contributed by atoms with E-state index in [-0.39, 0.29) is 29.8 Å². The van der Waals surface area contributed by atoms with Gasteiger partial charge in [-0.15, -0.1) is 45.9 Å². The number of nitrogens with one attached hydrogen (secondary N) is 2. The van der Waals surface area contributed by atoms with Crippen molar-refractivity contribution in [3.8, 4) is 0 Å². The van der Waals surface area contributed by atoms with Crippen LogP contribution in [0.25, 0.3) is 5.65 Å². The molecule has 9 heteroatoms. The van der Waals surface area contributed by atoms with Crippen LogP contribution in [0.3, 0.4) is 0 Å². The number of pyridine rings is 1. The van der Waals surface area contributed by atoms with Gasteiger partial charge in [0.2, 0.25) is 0 Å². The molecule has 0 aliphatic heterocycles. The third-order valence-corrected chi connectivity index (χ3v) is 5.35. The van der Waals surface area contributed by atoms with Crippen LogP contribution in [0.2, 0.25) is 0 Å². The number of hydrogen-bond acceptors (Lipinski definition) is 4. The van der Waals surface area contributed by atoms with Gasteiger partial charge in [0.05, 0.1) is 0 Å². The van der Waals surface area contributed by atoms with Crippen molar-refractivity contribution in [1.82, 2.24) is 25.2 Å². The van der Waals surface area contributed by atoms with Crippen LogP contribution in [-0.2, 0) is 6.42 Å². The summed E-state index contributed by atoms with van der Waals surface area (Å²) in [5.41, 5.74) is 0.879. The van der Waals surface area contributed by atoms with E-state index in [1.165, 1.54) is 12.1 Å². The lowest BCUT2D eigenvalue weighted by Gasteiger charge is -2.11. The molecule has 6 nitrogen and oxygen atoms in total. The Morgan fingerprint density at radius 2 is 1.93 bits per heavy atom. The molecule has 3 aromatic rings. The Hall–Kier alpha value is -1.88. The van der Waals surface area contributed by atoms with E-state index in [0.29, 0.717) is 0 Å². The average molecular weight is 542 g/mol. The fraction of sp³-hybridized carbons (Fsp3) is 0.381. The largest absolute Gasteiger partial charge is 0.357 e. The van der Waals surface area contributed by atoms with E-state index in [2.05, 4.69) is 32.7 Å². The summed E-state index contributed by atoms with van der Waals surface area (Å²) in [6, 6.07) is 12.5. The minimum Gasteiger partial charge on any atom is -0.357 e. The van der Waals surface area contributed by atoms with E-state index in [9.17, 15) is 4.39 Å². The third-order valence-electron chi connectivity index (χ3n) is 4.25.